The summed E-state index contributed by atoms with van der Waals surface area (Å²) < 4.78 is 52.7. The molecule has 1 aliphatic rings. The van der Waals surface area contributed by atoms with Gasteiger partial charge in [-0.2, -0.15) is 13.2 Å². The van der Waals surface area contributed by atoms with E-state index in [1.807, 2.05) is 6.07 Å². The molecule has 1 atom stereocenters. The van der Waals surface area contributed by atoms with E-state index in [9.17, 15) is 17.4 Å². The molecule has 1 N–H and O–H groups in total. The van der Waals surface area contributed by atoms with Crippen molar-refractivity contribution in [1.29, 1.82) is 0 Å². The number of nitrogens with zero attached hydrogens (tertiary/aromatic N) is 2. The minimum absolute atomic E-state index is 0.0635. The number of thioether (sulfide) groups is 1. The number of rotatable bonds is 5. The normalized spacial score (nSPS) is 16.3. The lowest BCUT2D eigenvalue weighted by Gasteiger charge is -2.30. The minimum atomic E-state index is -4.34. The molecule has 3 rings (SSSR count). The molecule has 1 aliphatic heterocycles. The second-order valence-corrected chi connectivity index (χ2v) is 8.18. The zero-order chi connectivity index (χ0) is 18.6. The Morgan fingerprint density at radius 2 is 1.77 bits per heavy atom. The van der Waals surface area contributed by atoms with Crippen molar-refractivity contribution in [2.45, 2.75) is 34.6 Å². The Kier molecular flexibility index (Phi) is 6.08. The lowest BCUT2D eigenvalue weighted by Crippen LogP contribution is -2.30. The zero-order valence-corrected chi connectivity index (χ0v) is 15.5. The molecule has 0 saturated carbocycles. The predicted octanol–water partition coefficient (Wildman–Crippen LogP) is 4.82. The summed E-state index contributed by atoms with van der Waals surface area (Å²) in [6, 6.07) is 7.40. The van der Waals surface area contributed by atoms with E-state index in [-0.39, 0.29) is 16.7 Å². The van der Waals surface area contributed by atoms with Crippen LogP contribution in [0.1, 0.15) is 19.3 Å². The fraction of sp³-hybridized carbons (Fsp3) is 0.353. The average Bonchev–Trinajstić information content (AvgIpc) is 2.62. The first-order valence-corrected chi connectivity index (χ1v) is 10.1. The quantitative estimate of drug-likeness (QED) is 0.730. The number of hydrogen-bond donors (Lipinski definition) is 1. The lowest BCUT2D eigenvalue weighted by molar-refractivity contribution is -0.0328. The van der Waals surface area contributed by atoms with E-state index < -0.39 is 16.5 Å². The van der Waals surface area contributed by atoms with Gasteiger partial charge in [-0.1, -0.05) is 0 Å². The molecule has 1 aromatic carbocycles. The molecule has 1 fully saturated rings. The number of hydrogen-bond acceptors (Lipinski definition) is 4. The van der Waals surface area contributed by atoms with E-state index in [0.29, 0.717) is 10.6 Å². The lowest BCUT2D eigenvalue weighted by atomic mass is 10.1. The van der Waals surface area contributed by atoms with Crippen molar-refractivity contribution < 1.29 is 17.4 Å². The van der Waals surface area contributed by atoms with Gasteiger partial charge in [0.1, 0.15) is 11.0 Å². The molecule has 9 heteroatoms. The van der Waals surface area contributed by atoms with Crippen LogP contribution < -0.4 is 9.62 Å². The van der Waals surface area contributed by atoms with Gasteiger partial charge in [0, 0.05) is 24.2 Å². The highest BCUT2D eigenvalue weighted by Gasteiger charge is 2.29. The highest BCUT2D eigenvalue weighted by atomic mass is 32.2. The summed E-state index contributed by atoms with van der Waals surface area (Å²) in [5.74, 6) is 0. The molecule has 1 unspecified atom stereocenters. The molecule has 1 saturated heterocycles. The summed E-state index contributed by atoms with van der Waals surface area (Å²) in [6.45, 7) is 1.88. The van der Waals surface area contributed by atoms with Crippen LogP contribution in [0.5, 0.6) is 0 Å². The van der Waals surface area contributed by atoms with Gasteiger partial charge >= 0.3 is 5.51 Å². The van der Waals surface area contributed by atoms with Gasteiger partial charge in [-0.25, -0.2) is 4.21 Å². The maximum atomic E-state index is 12.6. The van der Waals surface area contributed by atoms with Crippen LogP contribution in [0.3, 0.4) is 0 Å². The van der Waals surface area contributed by atoms with Crippen LogP contribution in [0, 0.1) is 0 Å². The first-order chi connectivity index (χ1) is 12.4. The number of aromatic nitrogens is 1. The Hall–Kier alpha value is -1.74. The first-order valence-electron chi connectivity index (χ1n) is 8.15. The predicted molar refractivity (Wildman–Crippen MR) is 98.7 cm³/mol. The Balaban J connectivity index is 1.72. The van der Waals surface area contributed by atoms with Crippen LogP contribution >= 0.6 is 11.8 Å². The Morgan fingerprint density at radius 3 is 2.42 bits per heavy atom. The summed E-state index contributed by atoms with van der Waals surface area (Å²) in [7, 11) is -1.59. The van der Waals surface area contributed by atoms with Crippen molar-refractivity contribution in [2.24, 2.45) is 0 Å². The molecule has 2 aromatic rings. The molecule has 26 heavy (non-hydrogen) atoms. The second-order valence-electron chi connectivity index (χ2n) is 5.83. The molecular formula is C17H18F3N3OS2. The maximum Gasteiger partial charge on any atom is 0.446 e. The SMILES string of the molecule is O=S(Nc1cnccc1N1CCCCC1)c1ccc(SC(F)(F)F)cc1. The summed E-state index contributed by atoms with van der Waals surface area (Å²) in [4.78, 5) is 6.79. The third-order valence-corrected chi connectivity index (χ3v) is 5.81. The van der Waals surface area contributed by atoms with E-state index in [1.165, 1.54) is 30.7 Å². The molecule has 0 aliphatic carbocycles. The smallest absolute Gasteiger partial charge is 0.370 e. The number of nitrogens with one attached hydrogen (secondary N) is 1. The van der Waals surface area contributed by atoms with Crippen LogP contribution in [0.2, 0.25) is 0 Å². The van der Waals surface area contributed by atoms with Crippen molar-refractivity contribution in [3.8, 4) is 0 Å². The summed E-state index contributed by atoms with van der Waals surface area (Å²) in [5.41, 5.74) is -2.74. The standard InChI is InChI=1S/C17H18F3N3OS2/c18-17(19,20)25-13-4-6-14(7-5-13)26(24)22-15-12-21-9-8-16(15)23-10-2-1-3-11-23/h4-9,12,22H,1-3,10-11H2. The molecule has 0 amide bonds. The van der Waals surface area contributed by atoms with E-state index in [4.69, 9.17) is 0 Å². The molecule has 0 radical (unpaired) electrons. The highest BCUT2D eigenvalue weighted by Crippen LogP contribution is 2.37. The minimum Gasteiger partial charge on any atom is -0.370 e. The molecule has 140 valence electrons. The molecule has 1 aromatic heterocycles. The van der Waals surface area contributed by atoms with Crippen molar-refractivity contribution in [2.75, 3.05) is 22.7 Å². The van der Waals surface area contributed by atoms with Gasteiger partial charge in [-0.15, -0.1) is 0 Å². The average molecular weight is 401 g/mol. The third kappa shape index (κ3) is 5.14. The largest absolute Gasteiger partial charge is 0.446 e. The fourth-order valence-electron chi connectivity index (χ4n) is 2.80. The number of benzene rings is 1. The van der Waals surface area contributed by atoms with Gasteiger partial charge < -0.3 is 4.90 Å². The van der Waals surface area contributed by atoms with Gasteiger partial charge in [-0.05, 0) is 61.4 Å². The summed E-state index contributed by atoms with van der Waals surface area (Å²) in [5, 5.41) is 0. The Bertz CT molecular complexity index is 763. The van der Waals surface area contributed by atoms with Crippen molar-refractivity contribution in [3.05, 3.63) is 42.7 Å². The summed E-state index contributed by atoms with van der Waals surface area (Å²) >= 11 is -0.190. The van der Waals surface area contributed by atoms with Gasteiger partial charge in [0.15, 0.2) is 0 Å². The molecule has 2 heterocycles. The van der Waals surface area contributed by atoms with Crippen LogP contribution in [-0.2, 0) is 11.0 Å². The van der Waals surface area contributed by atoms with Gasteiger partial charge in [0.2, 0.25) is 0 Å². The monoisotopic (exact) mass is 401 g/mol. The van der Waals surface area contributed by atoms with Crippen LogP contribution in [0.25, 0.3) is 0 Å². The first kappa shape index (κ1) is 19.0. The van der Waals surface area contributed by atoms with Crippen LogP contribution in [0.15, 0.2) is 52.5 Å². The number of anilines is 2. The number of halogens is 3. The molecule has 4 nitrogen and oxygen atoms in total. The van der Waals surface area contributed by atoms with Crippen molar-refractivity contribution in [3.63, 3.8) is 0 Å². The van der Waals surface area contributed by atoms with E-state index in [2.05, 4.69) is 14.6 Å². The zero-order valence-electron chi connectivity index (χ0n) is 13.8. The van der Waals surface area contributed by atoms with Gasteiger partial charge in [0.05, 0.1) is 22.5 Å². The Labute approximate surface area is 156 Å². The van der Waals surface area contributed by atoms with E-state index in [1.54, 1.807) is 12.4 Å². The third-order valence-electron chi connectivity index (χ3n) is 3.97. The molecule has 0 bridgehead atoms. The van der Waals surface area contributed by atoms with Crippen molar-refractivity contribution in [1.82, 2.24) is 4.98 Å². The number of piperidine rings is 1. The van der Waals surface area contributed by atoms with Crippen molar-refractivity contribution >= 4 is 34.1 Å². The fourth-order valence-corrected chi connectivity index (χ4v) is 4.20. The summed E-state index contributed by atoms with van der Waals surface area (Å²) in [6.07, 6.45) is 6.75. The van der Waals surface area contributed by atoms with E-state index >= 15 is 0 Å². The number of alkyl halides is 3. The number of pyridine rings is 1. The maximum absolute atomic E-state index is 12.6. The Morgan fingerprint density at radius 1 is 1.08 bits per heavy atom. The second kappa shape index (κ2) is 8.30. The highest BCUT2D eigenvalue weighted by molar-refractivity contribution is 8.00. The molecule has 0 spiro atoms. The van der Waals surface area contributed by atoms with E-state index in [0.717, 1.165) is 31.6 Å². The topological polar surface area (TPSA) is 45.2 Å². The van der Waals surface area contributed by atoms with Crippen LogP contribution in [0.4, 0.5) is 24.5 Å². The van der Waals surface area contributed by atoms with Gasteiger partial charge in [-0.3, -0.25) is 9.71 Å². The molecular weight excluding hydrogens is 383 g/mol. The van der Waals surface area contributed by atoms with Crippen LogP contribution in [-0.4, -0.2) is 27.8 Å². The van der Waals surface area contributed by atoms with Gasteiger partial charge in [0.25, 0.3) is 0 Å².